The summed E-state index contributed by atoms with van der Waals surface area (Å²) in [5, 5.41) is 6.86. The Morgan fingerprint density at radius 1 is 1.06 bits per heavy atom. The van der Waals surface area contributed by atoms with Crippen molar-refractivity contribution in [3.05, 3.63) is 83.4 Å². The van der Waals surface area contributed by atoms with E-state index in [1.54, 1.807) is 7.11 Å². The second-order valence-electron chi connectivity index (χ2n) is 7.77. The van der Waals surface area contributed by atoms with E-state index in [-0.39, 0.29) is 24.0 Å². The van der Waals surface area contributed by atoms with Crippen LogP contribution >= 0.6 is 24.0 Å². The quantitative estimate of drug-likeness (QED) is 0.143. The Labute approximate surface area is 220 Å². The third-order valence-corrected chi connectivity index (χ3v) is 5.27. The highest BCUT2D eigenvalue weighted by Gasteiger charge is 2.03. The molecule has 0 aliphatic carbocycles. The number of halogens is 1. The number of aliphatic imine (C=N–C) groups is 1. The van der Waals surface area contributed by atoms with Crippen LogP contribution in [0.1, 0.15) is 35.9 Å². The minimum Gasteiger partial charge on any atom is -0.497 e. The fraction of sp³-hybridized carbons (Fsp3) is 0.385. The average molecular weight is 578 g/mol. The summed E-state index contributed by atoms with van der Waals surface area (Å²) in [5.41, 5.74) is 3.57. The fourth-order valence-electron chi connectivity index (χ4n) is 3.39. The summed E-state index contributed by atoms with van der Waals surface area (Å²) in [4.78, 5) is 9.13. The SMILES string of the molecule is CCOCCCNC(=NCc1cccc(Cn2ccnc2C)c1)NCc1ccc(OC)cc1.I. The molecule has 1 aromatic heterocycles. The number of methoxy groups -OCH3 is 1. The zero-order valence-corrected chi connectivity index (χ0v) is 22.6. The number of hydrogen-bond acceptors (Lipinski definition) is 4. The molecule has 2 N–H and O–H groups in total. The predicted molar refractivity (Wildman–Crippen MR) is 148 cm³/mol. The van der Waals surface area contributed by atoms with Gasteiger partial charge in [-0.25, -0.2) is 9.98 Å². The van der Waals surface area contributed by atoms with Crippen LogP contribution in [0.5, 0.6) is 5.75 Å². The molecular weight excluding hydrogens is 541 g/mol. The first kappa shape index (κ1) is 27.7. The van der Waals surface area contributed by atoms with Crippen molar-refractivity contribution in [2.45, 2.75) is 39.9 Å². The molecule has 0 bridgehead atoms. The van der Waals surface area contributed by atoms with Gasteiger partial charge in [-0.2, -0.15) is 0 Å². The summed E-state index contributed by atoms with van der Waals surface area (Å²) in [6.45, 7) is 8.40. The summed E-state index contributed by atoms with van der Waals surface area (Å²) >= 11 is 0. The third-order valence-electron chi connectivity index (χ3n) is 5.27. The number of imidazole rings is 1. The van der Waals surface area contributed by atoms with Crippen molar-refractivity contribution in [3.63, 3.8) is 0 Å². The topological polar surface area (TPSA) is 72.7 Å². The lowest BCUT2D eigenvalue weighted by atomic mass is 10.1. The molecule has 1 heterocycles. The van der Waals surface area contributed by atoms with Gasteiger partial charge in [-0.05, 0) is 49.1 Å². The van der Waals surface area contributed by atoms with Crippen LogP contribution in [-0.4, -0.2) is 42.4 Å². The normalized spacial score (nSPS) is 11.1. The number of ether oxygens (including phenoxy) is 2. The van der Waals surface area contributed by atoms with Crippen LogP contribution in [0.2, 0.25) is 0 Å². The maximum Gasteiger partial charge on any atom is 0.191 e. The van der Waals surface area contributed by atoms with Gasteiger partial charge in [0.2, 0.25) is 0 Å². The lowest BCUT2D eigenvalue weighted by Crippen LogP contribution is -2.37. The van der Waals surface area contributed by atoms with E-state index in [0.29, 0.717) is 13.1 Å². The van der Waals surface area contributed by atoms with E-state index in [4.69, 9.17) is 14.5 Å². The highest BCUT2D eigenvalue weighted by molar-refractivity contribution is 14.0. The highest BCUT2D eigenvalue weighted by atomic mass is 127. The number of hydrogen-bond donors (Lipinski definition) is 2. The number of nitrogens with one attached hydrogen (secondary N) is 2. The van der Waals surface area contributed by atoms with Crippen LogP contribution in [0.15, 0.2) is 65.9 Å². The lowest BCUT2D eigenvalue weighted by molar-refractivity contribution is 0.145. The van der Waals surface area contributed by atoms with Crippen LogP contribution in [0.4, 0.5) is 0 Å². The zero-order valence-electron chi connectivity index (χ0n) is 20.3. The molecule has 0 spiro atoms. The van der Waals surface area contributed by atoms with Crippen molar-refractivity contribution in [2.75, 3.05) is 26.9 Å². The summed E-state index contributed by atoms with van der Waals surface area (Å²) in [6.07, 6.45) is 4.77. The van der Waals surface area contributed by atoms with Gasteiger partial charge in [0.1, 0.15) is 11.6 Å². The van der Waals surface area contributed by atoms with Crippen molar-refractivity contribution in [1.29, 1.82) is 0 Å². The molecule has 0 unspecified atom stereocenters. The van der Waals surface area contributed by atoms with Crippen molar-refractivity contribution in [1.82, 2.24) is 20.2 Å². The highest BCUT2D eigenvalue weighted by Crippen LogP contribution is 2.12. The van der Waals surface area contributed by atoms with E-state index in [2.05, 4.69) is 56.6 Å². The van der Waals surface area contributed by atoms with Gasteiger partial charge in [-0.15, -0.1) is 24.0 Å². The molecule has 34 heavy (non-hydrogen) atoms. The van der Waals surface area contributed by atoms with Gasteiger partial charge in [0.05, 0.1) is 13.7 Å². The Bertz CT molecular complexity index is 1000. The maximum absolute atomic E-state index is 5.44. The van der Waals surface area contributed by atoms with Crippen LogP contribution < -0.4 is 15.4 Å². The molecule has 3 rings (SSSR count). The van der Waals surface area contributed by atoms with Crippen LogP contribution in [-0.2, 0) is 24.4 Å². The maximum atomic E-state index is 5.44. The number of rotatable bonds is 12. The van der Waals surface area contributed by atoms with Crippen molar-refractivity contribution < 1.29 is 9.47 Å². The summed E-state index contributed by atoms with van der Waals surface area (Å²) in [7, 11) is 1.68. The van der Waals surface area contributed by atoms with Gasteiger partial charge in [-0.1, -0.05) is 36.4 Å². The van der Waals surface area contributed by atoms with Gasteiger partial charge < -0.3 is 24.7 Å². The van der Waals surface area contributed by atoms with E-state index in [1.165, 1.54) is 11.1 Å². The van der Waals surface area contributed by atoms with Crippen molar-refractivity contribution >= 4 is 29.9 Å². The van der Waals surface area contributed by atoms with E-state index >= 15 is 0 Å². The average Bonchev–Trinajstić information content (AvgIpc) is 3.24. The minimum atomic E-state index is 0. The Morgan fingerprint density at radius 2 is 1.85 bits per heavy atom. The zero-order chi connectivity index (χ0) is 23.3. The van der Waals surface area contributed by atoms with Crippen LogP contribution in [0.3, 0.4) is 0 Å². The molecule has 184 valence electrons. The molecule has 0 saturated heterocycles. The molecule has 2 aromatic carbocycles. The number of aryl methyl sites for hydroxylation is 1. The number of guanidine groups is 1. The smallest absolute Gasteiger partial charge is 0.191 e. The van der Waals surface area contributed by atoms with Gasteiger partial charge in [0, 0.05) is 45.2 Å². The van der Waals surface area contributed by atoms with E-state index in [9.17, 15) is 0 Å². The molecule has 0 aliphatic heterocycles. The summed E-state index contributed by atoms with van der Waals surface area (Å²) in [6, 6.07) is 16.6. The molecule has 0 saturated carbocycles. The van der Waals surface area contributed by atoms with Gasteiger partial charge in [0.25, 0.3) is 0 Å². The van der Waals surface area contributed by atoms with Crippen molar-refractivity contribution in [2.24, 2.45) is 4.99 Å². The van der Waals surface area contributed by atoms with Crippen molar-refractivity contribution in [3.8, 4) is 5.75 Å². The first-order valence-corrected chi connectivity index (χ1v) is 11.5. The first-order valence-electron chi connectivity index (χ1n) is 11.5. The molecule has 8 heteroatoms. The Hall–Kier alpha value is -2.59. The summed E-state index contributed by atoms with van der Waals surface area (Å²) < 4.78 is 12.8. The standard InChI is InChI=1S/C26H35N5O2.HI/c1-4-33-16-6-13-28-26(29-18-22-9-11-25(32-3)12-10-22)30-19-23-7-5-8-24(17-23)20-31-15-14-27-21(31)2;/h5,7-12,14-15,17H,4,6,13,16,18-20H2,1-3H3,(H2,28,29,30);1H. The first-order chi connectivity index (χ1) is 16.2. The van der Waals surface area contributed by atoms with Crippen LogP contribution in [0.25, 0.3) is 0 Å². The molecular formula is C26H36IN5O2. The molecule has 0 amide bonds. The van der Waals surface area contributed by atoms with Gasteiger partial charge >= 0.3 is 0 Å². The van der Waals surface area contributed by atoms with E-state index in [1.807, 2.05) is 38.4 Å². The molecule has 0 atom stereocenters. The fourth-order valence-corrected chi connectivity index (χ4v) is 3.39. The lowest BCUT2D eigenvalue weighted by Gasteiger charge is -2.13. The molecule has 0 radical (unpaired) electrons. The number of benzene rings is 2. The largest absolute Gasteiger partial charge is 0.497 e. The van der Waals surface area contributed by atoms with Gasteiger partial charge in [0.15, 0.2) is 5.96 Å². The number of nitrogens with zero attached hydrogens (tertiary/aromatic N) is 3. The molecule has 3 aromatic rings. The van der Waals surface area contributed by atoms with E-state index in [0.717, 1.165) is 55.8 Å². The minimum absolute atomic E-state index is 0. The third kappa shape index (κ3) is 9.34. The Balaban J connectivity index is 0.00000408. The van der Waals surface area contributed by atoms with Crippen LogP contribution in [0, 0.1) is 6.92 Å². The van der Waals surface area contributed by atoms with Gasteiger partial charge in [-0.3, -0.25) is 0 Å². The molecule has 7 nitrogen and oxygen atoms in total. The Kier molecular flexibility index (Phi) is 12.5. The monoisotopic (exact) mass is 577 g/mol. The number of aromatic nitrogens is 2. The molecule has 0 fully saturated rings. The van der Waals surface area contributed by atoms with E-state index < -0.39 is 0 Å². The second kappa shape index (κ2) is 15.3. The Morgan fingerprint density at radius 3 is 2.56 bits per heavy atom. The second-order valence-corrected chi connectivity index (χ2v) is 7.77. The predicted octanol–water partition coefficient (Wildman–Crippen LogP) is 4.53. The summed E-state index contributed by atoms with van der Waals surface area (Å²) in [5.74, 6) is 2.66. The molecule has 0 aliphatic rings.